The minimum absolute atomic E-state index is 0.159. The van der Waals surface area contributed by atoms with Crippen LogP contribution in [0.4, 0.5) is 5.69 Å². The third-order valence-electron chi connectivity index (χ3n) is 4.48. The van der Waals surface area contributed by atoms with Crippen molar-refractivity contribution in [2.45, 2.75) is 23.4 Å². The van der Waals surface area contributed by atoms with E-state index >= 15 is 0 Å². The molecule has 2 N–H and O–H groups in total. The number of halogens is 2. The number of fused-ring (bicyclic) bond motifs is 1. The number of thioether (sulfide) groups is 1. The average Bonchev–Trinajstić information content (AvgIpc) is 3.07. The molecular formula is C19H17BrClN5O2S. The lowest BCUT2D eigenvalue weighted by Crippen LogP contribution is -2.41. The number of nitrogens with one attached hydrogen (secondary N) is 2. The lowest BCUT2D eigenvalue weighted by Gasteiger charge is -2.33. The van der Waals surface area contributed by atoms with Gasteiger partial charge in [-0.1, -0.05) is 35.5 Å². The van der Waals surface area contributed by atoms with Crippen LogP contribution in [-0.2, 0) is 4.79 Å². The van der Waals surface area contributed by atoms with E-state index in [2.05, 4.69) is 36.9 Å². The molecule has 0 saturated carbocycles. The van der Waals surface area contributed by atoms with Crippen LogP contribution in [0.3, 0.4) is 0 Å². The molecule has 0 bridgehead atoms. The fourth-order valence-corrected chi connectivity index (χ4v) is 4.94. The highest BCUT2D eigenvalue weighted by Gasteiger charge is 2.37. The molecule has 3 aromatic rings. The zero-order valence-electron chi connectivity index (χ0n) is 15.5. The molecule has 7 nitrogen and oxygen atoms in total. The van der Waals surface area contributed by atoms with Crippen LogP contribution in [-0.4, -0.2) is 33.1 Å². The number of anilines is 1. The van der Waals surface area contributed by atoms with Gasteiger partial charge >= 0.3 is 0 Å². The van der Waals surface area contributed by atoms with Crippen LogP contribution >= 0.6 is 39.3 Å². The average molecular weight is 495 g/mol. The number of aryl methyl sites for hydroxylation is 1. The summed E-state index contributed by atoms with van der Waals surface area (Å²) in [7, 11) is 1.61. The summed E-state index contributed by atoms with van der Waals surface area (Å²) in [6, 6.07) is 12.5. The number of aromatic nitrogens is 3. The number of carbonyl (C=O) groups excluding carboxylic acids is 1. The molecule has 1 aliphatic heterocycles. The Hall–Kier alpha value is -2.23. The molecule has 1 aliphatic rings. The number of hydrogen-bond acceptors (Lipinski definition) is 6. The highest BCUT2D eigenvalue weighted by Crippen LogP contribution is 2.39. The molecule has 4 rings (SSSR count). The minimum Gasteiger partial charge on any atom is -0.496 e. The molecule has 0 spiro atoms. The number of nitrogens with zero attached hydrogens (tertiary/aromatic N) is 3. The number of benzene rings is 2. The molecule has 2 heterocycles. The van der Waals surface area contributed by atoms with E-state index in [9.17, 15) is 4.79 Å². The Balaban J connectivity index is 1.68. The van der Waals surface area contributed by atoms with E-state index in [1.807, 2.05) is 25.1 Å². The Labute approximate surface area is 185 Å². The highest BCUT2D eigenvalue weighted by molar-refractivity contribution is 9.10. The van der Waals surface area contributed by atoms with Gasteiger partial charge in [0.2, 0.25) is 11.1 Å². The van der Waals surface area contributed by atoms with Crippen molar-refractivity contribution in [2.75, 3.05) is 17.9 Å². The molecular weight excluding hydrogens is 478 g/mol. The molecule has 10 heteroatoms. The molecule has 1 aromatic heterocycles. The number of hydrogen-bond donors (Lipinski definition) is 2. The maximum atomic E-state index is 13.2. The number of rotatable bonds is 4. The van der Waals surface area contributed by atoms with Crippen molar-refractivity contribution in [1.29, 1.82) is 0 Å². The van der Waals surface area contributed by atoms with Crippen molar-refractivity contribution < 1.29 is 9.53 Å². The lowest BCUT2D eigenvalue weighted by atomic mass is 10.0. The summed E-state index contributed by atoms with van der Waals surface area (Å²) in [4.78, 5) is 13.2. The summed E-state index contributed by atoms with van der Waals surface area (Å²) in [6.45, 7) is 1.86. The van der Waals surface area contributed by atoms with Gasteiger partial charge in [-0.15, -0.1) is 10.2 Å². The third-order valence-corrected chi connectivity index (χ3v) is 6.55. The summed E-state index contributed by atoms with van der Waals surface area (Å²) in [5.74, 6) is 1.28. The van der Waals surface area contributed by atoms with E-state index in [1.54, 1.807) is 36.1 Å². The SMILES string of the molecule is COc1ccc([C@H]2Nn3c(C)nnc3S[C@@H]2C(=O)Nc2cccc(Cl)c2)cc1Br. The molecule has 0 radical (unpaired) electrons. The Kier molecular flexibility index (Phi) is 5.71. The lowest BCUT2D eigenvalue weighted by molar-refractivity contribution is -0.116. The van der Waals surface area contributed by atoms with Gasteiger partial charge in [0, 0.05) is 10.7 Å². The van der Waals surface area contributed by atoms with Crippen molar-refractivity contribution in [3.05, 3.63) is 63.3 Å². The highest BCUT2D eigenvalue weighted by atomic mass is 79.9. The van der Waals surface area contributed by atoms with Crippen LogP contribution in [0.1, 0.15) is 17.4 Å². The van der Waals surface area contributed by atoms with Crippen LogP contribution in [0.2, 0.25) is 5.02 Å². The van der Waals surface area contributed by atoms with Crippen molar-refractivity contribution in [3.8, 4) is 5.75 Å². The summed E-state index contributed by atoms with van der Waals surface area (Å²) >= 11 is 10.9. The fraction of sp³-hybridized carbons (Fsp3) is 0.211. The van der Waals surface area contributed by atoms with Gasteiger partial charge in [0.1, 0.15) is 16.8 Å². The van der Waals surface area contributed by atoms with Crippen molar-refractivity contribution in [3.63, 3.8) is 0 Å². The molecule has 0 unspecified atom stereocenters. The van der Waals surface area contributed by atoms with Gasteiger partial charge in [0.25, 0.3) is 0 Å². The maximum Gasteiger partial charge on any atom is 0.240 e. The third kappa shape index (κ3) is 4.08. The molecule has 150 valence electrons. The van der Waals surface area contributed by atoms with E-state index in [0.717, 1.165) is 21.6 Å². The number of amides is 1. The molecule has 0 saturated heterocycles. The predicted octanol–water partition coefficient (Wildman–Crippen LogP) is 4.41. The van der Waals surface area contributed by atoms with Gasteiger partial charge in [-0.3, -0.25) is 4.79 Å². The van der Waals surface area contributed by atoms with Crippen LogP contribution < -0.4 is 15.5 Å². The van der Waals surface area contributed by atoms with Crippen LogP contribution in [0, 0.1) is 6.92 Å². The first-order valence-corrected chi connectivity index (χ1v) is 10.8. The van der Waals surface area contributed by atoms with E-state index < -0.39 is 5.25 Å². The fourth-order valence-electron chi connectivity index (χ4n) is 3.07. The van der Waals surface area contributed by atoms with E-state index in [0.29, 0.717) is 15.9 Å². The number of carbonyl (C=O) groups is 1. The summed E-state index contributed by atoms with van der Waals surface area (Å²) in [5.41, 5.74) is 4.94. The standard InChI is InChI=1S/C19H17BrClN5O2S/c1-10-23-24-19-26(10)25-16(11-6-7-15(28-2)14(20)8-11)17(29-19)18(27)22-13-5-3-4-12(21)9-13/h3-9,16-17,25H,1-2H3,(H,22,27)/t16-,17+/m1/s1. The predicted molar refractivity (Wildman–Crippen MR) is 117 cm³/mol. The largest absolute Gasteiger partial charge is 0.496 e. The van der Waals surface area contributed by atoms with E-state index in [1.165, 1.54) is 11.8 Å². The quantitative estimate of drug-likeness (QED) is 0.559. The maximum absolute atomic E-state index is 13.2. The first-order valence-electron chi connectivity index (χ1n) is 8.71. The van der Waals surface area contributed by atoms with Gasteiger partial charge in [-0.2, -0.15) is 0 Å². The molecule has 1 amide bonds. The molecule has 29 heavy (non-hydrogen) atoms. The second kappa shape index (κ2) is 8.25. The van der Waals surface area contributed by atoms with E-state index in [4.69, 9.17) is 16.3 Å². The van der Waals surface area contributed by atoms with Gasteiger partial charge in [0.15, 0.2) is 0 Å². The summed E-state index contributed by atoms with van der Waals surface area (Å²) in [5, 5.41) is 11.9. The normalized spacial score (nSPS) is 17.9. The van der Waals surface area contributed by atoms with Crippen LogP contribution in [0.5, 0.6) is 5.75 Å². The minimum atomic E-state index is -0.481. The first kappa shape index (κ1) is 20.1. The second-order valence-corrected chi connectivity index (χ2v) is 8.80. The van der Waals surface area contributed by atoms with Crippen molar-refractivity contribution in [2.24, 2.45) is 0 Å². The summed E-state index contributed by atoms with van der Waals surface area (Å²) < 4.78 is 7.94. The molecule has 2 atom stereocenters. The second-order valence-electron chi connectivity index (χ2n) is 6.40. The Bertz CT molecular complexity index is 1080. The van der Waals surface area contributed by atoms with Crippen LogP contribution in [0.25, 0.3) is 0 Å². The van der Waals surface area contributed by atoms with Crippen molar-refractivity contribution >= 4 is 50.9 Å². The number of ether oxygens (including phenoxy) is 1. The monoisotopic (exact) mass is 493 g/mol. The molecule has 2 aromatic carbocycles. The first-order chi connectivity index (χ1) is 14.0. The van der Waals surface area contributed by atoms with Crippen LogP contribution in [0.15, 0.2) is 52.1 Å². The Morgan fingerprint density at radius 3 is 2.86 bits per heavy atom. The smallest absolute Gasteiger partial charge is 0.240 e. The van der Waals surface area contributed by atoms with Gasteiger partial charge in [-0.25, -0.2) is 4.68 Å². The van der Waals surface area contributed by atoms with Gasteiger partial charge < -0.3 is 15.5 Å². The van der Waals surface area contributed by atoms with Gasteiger partial charge in [0.05, 0.1) is 17.6 Å². The van der Waals surface area contributed by atoms with Crippen molar-refractivity contribution in [1.82, 2.24) is 14.9 Å². The zero-order chi connectivity index (χ0) is 20.5. The summed E-state index contributed by atoms with van der Waals surface area (Å²) in [6.07, 6.45) is 0. The van der Waals surface area contributed by atoms with Gasteiger partial charge in [-0.05, 0) is 58.7 Å². The Morgan fingerprint density at radius 2 is 2.14 bits per heavy atom. The zero-order valence-corrected chi connectivity index (χ0v) is 18.7. The molecule has 0 aliphatic carbocycles. The number of methoxy groups -OCH3 is 1. The Morgan fingerprint density at radius 1 is 1.31 bits per heavy atom. The topological polar surface area (TPSA) is 81.1 Å². The molecule has 0 fully saturated rings. The van der Waals surface area contributed by atoms with E-state index in [-0.39, 0.29) is 11.9 Å².